The maximum absolute atomic E-state index is 2.49. The number of para-hydroxylation sites is 6. The van der Waals surface area contributed by atoms with E-state index in [2.05, 4.69) is 287 Å². The van der Waals surface area contributed by atoms with E-state index in [1.807, 2.05) is 0 Å². The van der Waals surface area contributed by atoms with Gasteiger partial charge >= 0.3 is 0 Å². The first-order valence-corrected chi connectivity index (χ1v) is 23.7. The minimum absolute atomic E-state index is 1.06. The van der Waals surface area contributed by atoms with Crippen LogP contribution in [0.4, 0.5) is 17.1 Å². The highest BCUT2D eigenvalue weighted by Gasteiger charge is 2.25. The van der Waals surface area contributed by atoms with E-state index < -0.39 is 0 Å². The molecule has 0 fully saturated rings. The van der Waals surface area contributed by atoms with Gasteiger partial charge in [0.25, 0.3) is 0 Å². The first kappa shape index (κ1) is 40.1. The van der Waals surface area contributed by atoms with Crippen LogP contribution in [0.3, 0.4) is 0 Å². The van der Waals surface area contributed by atoms with Gasteiger partial charge in [0.2, 0.25) is 0 Å². The van der Waals surface area contributed by atoms with Crippen LogP contribution in [0.15, 0.2) is 273 Å². The lowest BCUT2D eigenvalue weighted by Crippen LogP contribution is -2.12. The Morgan fingerprint density at radius 1 is 0.246 bits per heavy atom. The van der Waals surface area contributed by atoms with Crippen LogP contribution in [0.5, 0.6) is 0 Å². The number of hydrogen-bond acceptors (Lipinski definition) is 1. The van der Waals surface area contributed by atoms with Gasteiger partial charge in [-0.15, -0.1) is 0 Å². The number of aromatic nitrogens is 2. The maximum Gasteiger partial charge on any atom is 0.0619 e. The Hall–Kier alpha value is -9.18. The fraction of sp³-hybridized carbons (Fsp3) is 0. The number of anilines is 3. The van der Waals surface area contributed by atoms with Crippen molar-refractivity contribution in [3.8, 4) is 55.9 Å². The van der Waals surface area contributed by atoms with E-state index in [1.165, 1.54) is 65.9 Å². The average molecular weight is 880 g/mol. The van der Waals surface area contributed by atoms with Crippen LogP contribution in [-0.2, 0) is 0 Å². The summed E-state index contributed by atoms with van der Waals surface area (Å²) in [4.78, 5) is 2.49. The van der Waals surface area contributed by atoms with E-state index in [9.17, 15) is 0 Å². The molecule has 0 bridgehead atoms. The summed E-state index contributed by atoms with van der Waals surface area (Å²) in [5, 5.41) is 4.87. The van der Waals surface area contributed by atoms with Crippen molar-refractivity contribution in [2.45, 2.75) is 0 Å². The molecule has 3 nitrogen and oxygen atoms in total. The molecule has 0 saturated heterocycles. The zero-order valence-corrected chi connectivity index (χ0v) is 37.8. The van der Waals surface area contributed by atoms with Crippen LogP contribution in [0.25, 0.3) is 99.5 Å². The van der Waals surface area contributed by atoms with Gasteiger partial charge in [-0.25, -0.2) is 0 Å². The molecule has 3 heteroatoms. The smallest absolute Gasteiger partial charge is 0.0619 e. The minimum Gasteiger partial charge on any atom is -0.309 e. The van der Waals surface area contributed by atoms with Crippen LogP contribution < -0.4 is 4.90 Å². The molecule has 2 heterocycles. The normalized spacial score (nSPS) is 11.5. The average Bonchev–Trinajstić information content (AvgIpc) is 3.96. The number of nitrogens with zero attached hydrogens (tertiary/aromatic N) is 3. The highest BCUT2D eigenvalue weighted by Crippen LogP contribution is 2.49. The van der Waals surface area contributed by atoms with E-state index in [4.69, 9.17) is 0 Å². The molecular weight excluding hydrogens is 835 g/mol. The topological polar surface area (TPSA) is 13.1 Å². The molecule has 0 spiro atoms. The zero-order valence-electron chi connectivity index (χ0n) is 37.8. The summed E-state index contributed by atoms with van der Waals surface area (Å²) in [6.07, 6.45) is 0. The number of hydrogen-bond donors (Lipinski definition) is 0. The molecule has 0 aliphatic heterocycles. The van der Waals surface area contributed by atoms with Crippen LogP contribution in [0, 0.1) is 0 Å². The molecular formula is C66H45N3. The van der Waals surface area contributed by atoms with Crippen LogP contribution in [0.1, 0.15) is 0 Å². The first-order chi connectivity index (χ1) is 34.3. The Kier molecular flexibility index (Phi) is 9.84. The Morgan fingerprint density at radius 3 is 1.38 bits per heavy atom. The van der Waals surface area contributed by atoms with Crippen LogP contribution >= 0.6 is 0 Å². The zero-order chi connectivity index (χ0) is 45.7. The molecule has 0 atom stereocenters. The third-order valence-corrected chi connectivity index (χ3v) is 13.7. The van der Waals surface area contributed by atoms with Gasteiger partial charge in [0.15, 0.2) is 0 Å². The van der Waals surface area contributed by atoms with Gasteiger partial charge in [0, 0.05) is 49.7 Å². The maximum atomic E-state index is 2.49. The molecule has 0 N–H and O–H groups in total. The minimum atomic E-state index is 1.06. The standard InChI is InChI=1S/C66H45N3/c1-4-22-46(23-5-1)51-28-10-11-29-53(51)54-30-12-13-31-55(54)56-32-14-17-37-60(56)68(64-41-21-40-63-65(64)59-34-16-19-39-62(59)67(63)48-24-6-2-7-25-48)50-44-42-47(43-45-50)52-35-20-36-58-57-33-15-18-38-61(57)69(66(52)58)49-26-8-3-9-27-49/h1-45H. The highest BCUT2D eigenvalue weighted by molar-refractivity contribution is 6.17. The van der Waals surface area contributed by atoms with Gasteiger partial charge in [0.05, 0.1) is 33.4 Å². The lowest BCUT2D eigenvalue weighted by atomic mass is 9.88. The van der Waals surface area contributed by atoms with Gasteiger partial charge in [-0.3, -0.25) is 0 Å². The SMILES string of the molecule is c1ccc(-c2ccccc2-c2ccccc2-c2ccccc2N(c2ccc(-c3cccc4c5ccccc5n(-c5ccccc5)c34)cc2)c2cccc3c2c2ccccc2n3-c2ccccc2)cc1. The summed E-state index contributed by atoms with van der Waals surface area (Å²) in [5.41, 5.74) is 19.7. The predicted molar refractivity (Wildman–Crippen MR) is 292 cm³/mol. The molecule has 0 unspecified atom stereocenters. The Bertz CT molecular complexity index is 4000. The second-order valence-corrected chi connectivity index (χ2v) is 17.6. The Balaban J connectivity index is 1.05. The van der Waals surface area contributed by atoms with E-state index in [0.717, 1.165) is 50.6 Å². The monoisotopic (exact) mass is 879 g/mol. The first-order valence-electron chi connectivity index (χ1n) is 23.7. The van der Waals surface area contributed by atoms with Crippen molar-refractivity contribution in [1.29, 1.82) is 0 Å². The highest BCUT2D eigenvalue weighted by atomic mass is 15.2. The van der Waals surface area contributed by atoms with Gasteiger partial charge < -0.3 is 14.0 Å². The van der Waals surface area contributed by atoms with Crippen LogP contribution in [-0.4, -0.2) is 9.13 Å². The van der Waals surface area contributed by atoms with Gasteiger partial charge in [-0.1, -0.05) is 206 Å². The second kappa shape index (κ2) is 16.9. The molecule has 13 rings (SSSR count). The van der Waals surface area contributed by atoms with Gasteiger partial charge in [-0.2, -0.15) is 0 Å². The van der Waals surface area contributed by atoms with E-state index >= 15 is 0 Å². The van der Waals surface area contributed by atoms with E-state index in [0.29, 0.717) is 0 Å². The second-order valence-electron chi connectivity index (χ2n) is 17.6. The number of rotatable bonds is 9. The fourth-order valence-corrected chi connectivity index (χ4v) is 10.8. The lowest BCUT2D eigenvalue weighted by molar-refractivity contribution is 1.18. The molecule has 0 aliphatic rings. The van der Waals surface area contributed by atoms with Crippen molar-refractivity contribution < 1.29 is 0 Å². The summed E-state index contributed by atoms with van der Waals surface area (Å²) in [6, 6.07) is 99.2. The van der Waals surface area contributed by atoms with Gasteiger partial charge in [-0.05, 0) is 100 Å². The Morgan fingerprint density at radius 2 is 0.681 bits per heavy atom. The fourth-order valence-electron chi connectivity index (χ4n) is 10.8. The molecule has 2 aromatic heterocycles. The molecule has 11 aromatic carbocycles. The summed E-state index contributed by atoms with van der Waals surface area (Å²) >= 11 is 0. The molecule has 13 aromatic rings. The predicted octanol–water partition coefficient (Wildman–Crippen LogP) is 18.0. The Labute approximate surface area is 401 Å². The van der Waals surface area contributed by atoms with Crippen LogP contribution in [0.2, 0.25) is 0 Å². The van der Waals surface area contributed by atoms with Crippen molar-refractivity contribution in [2.75, 3.05) is 4.90 Å². The summed E-state index contributed by atoms with van der Waals surface area (Å²) in [6.45, 7) is 0. The third kappa shape index (κ3) is 6.74. The van der Waals surface area contributed by atoms with Crippen molar-refractivity contribution in [3.05, 3.63) is 273 Å². The lowest BCUT2D eigenvalue weighted by Gasteiger charge is -2.29. The molecule has 0 radical (unpaired) electrons. The summed E-state index contributed by atoms with van der Waals surface area (Å²) in [5.74, 6) is 0. The molecule has 0 saturated carbocycles. The summed E-state index contributed by atoms with van der Waals surface area (Å²) in [7, 11) is 0. The molecule has 69 heavy (non-hydrogen) atoms. The van der Waals surface area contributed by atoms with Crippen molar-refractivity contribution >= 4 is 60.7 Å². The largest absolute Gasteiger partial charge is 0.309 e. The van der Waals surface area contributed by atoms with Crippen molar-refractivity contribution in [2.24, 2.45) is 0 Å². The quantitative estimate of drug-likeness (QED) is 0.141. The van der Waals surface area contributed by atoms with E-state index in [-0.39, 0.29) is 0 Å². The molecule has 324 valence electrons. The van der Waals surface area contributed by atoms with Crippen molar-refractivity contribution in [3.63, 3.8) is 0 Å². The third-order valence-electron chi connectivity index (χ3n) is 13.7. The number of fused-ring (bicyclic) bond motifs is 6. The molecule has 0 aliphatic carbocycles. The van der Waals surface area contributed by atoms with Crippen molar-refractivity contribution in [1.82, 2.24) is 9.13 Å². The van der Waals surface area contributed by atoms with E-state index in [1.54, 1.807) is 0 Å². The van der Waals surface area contributed by atoms with Gasteiger partial charge in [0.1, 0.15) is 0 Å². The molecule has 0 amide bonds. The summed E-state index contributed by atoms with van der Waals surface area (Å²) < 4.78 is 4.83. The number of benzene rings is 11.